The van der Waals surface area contributed by atoms with Crippen LogP contribution in [0.2, 0.25) is 0 Å². The molecular weight excluding hydrogens is 252 g/mol. The number of amides is 1. The Morgan fingerprint density at radius 1 is 1.45 bits per heavy atom. The average molecular weight is 276 g/mol. The average Bonchev–Trinajstić information content (AvgIpc) is 2.38. The molecular formula is C16H24N2O2. The topological polar surface area (TPSA) is 55.6 Å². The predicted octanol–water partition coefficient (Wildman–Crippen LogP) is 1.75. The van der Waals surface area contributed by atoms with Crippen molar-refractivity contribution >= 4 is 5.91 Å². The van der Waals surface area contributed by atoms with E-state index in [1.807, 2.05) is 56.0 Å². The van der Waals surface area contributed by atoms with Crippen molar-refractivity contribution in [2.75, 3.05) is 19.6 Å². The number of hydrogen-bond donors (Lipinski definition) is 1. The molecule has 0 spiro atoms. The summed E-state index contributed by atoms with van der Waals surface area (Å²) in [6.07, 6.45) is 0.0527. The molecule has 0 radical (unpaired) electrons. The Kier molecular flexibility index (Phi) is 4.45. The zero-order chi connectivity index (χ0) is 14.8. The van der Waals surface area contributed by atoms with Gasteiger partial charge in [-0.2, -0.15) is 0 Å². The van der Waals surface area contributed by atoms with Crippen molar-refractivity contribution in [3.8, 4) is 0 Å². The van der Waals surface area contributed by atoms with Crippen molar-refractivity contribution in [2.24, 2.45) is 5.73 Å². The van der Waals surface area contributed by atoms with Gasteiger partial charge in [-0.25, -0.2) is 0 Å². The maximum Gasteiger partial charge on any atom is 0.231 e. The van der Waals surface area contributed by atoms with Crippen LogP contribution in [0.4, 0.5) is 0 Å². The largest absolute Gasteiger partial charge is 0.369 e. The van der Waals surface area contributed by atoms with Gasteiger partial charge in [-0.15, -0.1) is 0 Å². The molecule has 110 valence electrons. The van der Waals surface area contributed by atoms with E-state index >= 15 is 0 Å². The second-order valence-corrected chi connectivity index (χ2v) is 6.11. The first kappa shape index (κ1) is 15.0. The van der Waals surface area contributed by atoms with Crippen molar-refractivity contribution in [1.29, 1.82) is 0 Å². The van der Waals surface area contributed by atoms with Crippen LogP contribution < -0.4 is 5.73 Å². The highest BCUT2D eigenvalue weighted by Gasteiger charge is 2.36. The van der Waals surface area contributed by atoms with Crippen molar-refractivity contribution in [3.05, 3.63) is 35.9 Å². The molecule has 1 aliphatic heterocycles. The third-order valence-corrected chi connectivity index (χ3v) is 3.62. The van der Waals surface area contributed by atoms with Crippen molar-refractivity contribution in [1.82, 2.24) is 4.90 Å². The number of carbonyl (C=O) groups is 1. The lowest BCUT2D eigenvalue weighted by molar-refractivity contribution is -0.159. The summed E-state index contributed by atoms with van der Waals surface area (Å²) in [6, 6.07) is 9.75. The summed E-state index contributed by atoms with van der Waals surface area (Å²) in [7, 11) is 0. The monoisotopic (exact) mass is 276 g/mol. The van der Waals surface area contributed by atoms with Crippen LogP contribution >= 0.6 is 0 Å². The first-order valence-electron chi connectivity index (χ1n) is 7.14. The fourth-order valence-electron chi connectivity index (χ4n) is 2.91. The number of nitrogens with zero attached hydrogens (tertiary/aromatic N) is 1. The van der Waals surface area contributed by atoms with E-state index in [1.165, 1.54) is 0 Å². The van der Waals surface area contributed by atoms with E-state index in [-0.39, 0.29) is 23.5 Å². The van der Waals surface area contributed by atoms with Gasteiger partial charge in [-0.1, -0.05) is 30.3 Å². The number of nitrogens with two attached hydrogens (primary N) is 1. The van der Waals surface area contributed by atoms with E-state index in [2.05, 4.69) is 0 Å². The molecule has 1 fully saturated rings. The van der Waals surface area contributed by atoms with Gasteiger partial charge in [0.05, 0.1) is 17.6 Å². The number of ether oxygens (including phenoxy) is 1. The van der Waals surface area contributed by atoms with Crippen LogP contribution in [0.3, 0.4) is 0 Å². The van der Waals surface area contributed by atoms with Crippen LogP contribution in [0.25, 0.3) is 0 Å². The van der Waals surface area contributed by atoms with Gasteiger partial charge in [0, 0.05) is 19.6 Å². The van der Waals surface area contributed by atoms with Crippen molar-refractivity contribution < 1.29 is 9.53 Å². The lowest BCUT2D eigenvalue weighted by Crippen LogP contribution is -2.55. The van der Waals surface area contributed by atoms with Crippen LogP contribution in [0, 0.1) is 0 Å². The van der Waals surface area contributed by atoms with E-state index < -0.39 is 0 Å². The predicted molar refractivity (Wildman–Crippen MR) is 79.4 cm³/mol. The number of benzene rings is 1. The Bertz CT molecular complexity index is 459. The normalized spacial score (nSPS) is 23.4. The molecule has 2 unspecified atom stereocenters. The van der Waals surface area contributed by atoms with Crippen molar-refractivity contribution in [2.45, 2.75) is 38.4 Å². The summed E-state index contributed by atoms with van der Waals surface area (Å²) in [5, 5.41) is 0. The molecule has 0 bridgehead atoms. The minimum atomic E-state index is -0.302. The Labute approximate surface area is 120 Å². The highest BCUT2D eigenvalue weighted by Crippen LogP contribution is 2.25. The maximum atomic E-state index is 12.8. The van der Waals surface area contributed by atoms with Gasteiger partial charge < -0.3 is 15.4 Å². The molecule has 1 amide bonds. The summed E-state index contributed by atoms with van der Waals surface area (Å²) in [4.78, 5) is 14.6. The molecule has 20 heavy (non-hydrogen) atoms. The fraction of sp³-hybridized carbons (Fsp3) is 0.562. The molecule has 1 aromatic carbocycles. The first-order chi connectivity index (χ1) is 9.43. The van der Waals surface area contributed by atoms with Gasteiger partial charge in [-0.05, 0) is 26.3 Å². The smallest absolute Gasteiger partial charge is 0.231 e. The summed E-state index contributed by atoms with van der Waals surface area (Å²) < 4.78 is 5.85. The quantitative estimate of drug-likeness (QED) is 0.915. The highest BCUT2D eigenvalue weighted by atomic mass is 16.5. The second kappa shape index (κ2) is 5.94. The first-order valence-corrected chi connectivity index (χ1v) is 7.14. The number of rotatable bonds is 3. The lowest BCUT2D eigenvalue weighted by Gasteiger charge is -2.42. The molecule has 4 nitrogen and oxygen atoms in total. The molecule has 1 aromatic rings. The lowest BCUT2D eigenvalue weighted by atomic mass is 9.96. The molecule has 2 atom stereocenters. The van der Waals surface area contributed by atoms with Gasteiger partial charge in [-0.3, -0.25) is 4.79 Å². The van der Waals surface area contributed by atoms with Crippen LogP contribution in [0.5, 0.6) is 0 Å². The molecule has 0 saturated carbocycles. The second-order valence-electron chi connectivity index (χ2n) is 6.11. The van der Waals surface area contributed by atoms with E-state index in [0.29, 0.717) is 19.6 Å². The molecule has 0 aromatic heterocycles. The summed E-state index contributed by atoms with van der Waals surface area (Å²) in [5.74, 6) is -0.167. The Balaban J connectivity index is 2.17. The third kappa shape index (κ3) is 3.38. The zero-order valence-corrected chi connectivity index (χ0v) is 12.5. The van der Waals surface area contributed by atoms with Gasteiger partial charge in [0.1, 0.15) is 0 Å². The molecule has 1 aliphatic rings. The van der Waals surface area contributed by atoms with Crippen LogP contribution in [0.15, 0.2) is 30.3 Å². The molecule has 1 saturated heterocycles. The minimum absolute atomic E-state index is 0.0527. The summed E-state index contributed by atoms with van der Waals surface area (Å²) in [6.45, 7) is 7.60. The SMILES string of the molecule is CC1CN(C(=O)C(CN)c2ccccc2)CC(C)(C)O1. The van der Waals surface area contributed by atoms with Crippen molar-refractivity contribution in [3.63, 3.8) is 0 Å². The molecule has 2 rings (SSSR count). The minimum Gasteiger partial charge on any atom is -0.369 e. The molecule has 2 N–H and O–H groups in total. The molecule has 1 heterocycles. The maximum absolute atomic E-state index is 12.8. The van der Waals surface area contributed by atoms with Gasteiger partial charge >= 0.3 is 0 Å². The Hall–Kier alpha value is -1.39. The Morgan fingerprint density at radius 2 is 2.10 bits per heavy atom. The van der Waals surface area contributed by atoms with Gasteiger partial charge in [0.15, 0.2) is 0 Å². The zero-order valence-electron chi connectivity index (χ0n) is 12.5. The standard InChI is InChI=1S/C16H24N2O2/c1-12-10-18(11-16(2,3)20-12)15(19)14(9-17)13-7-5-4-6-8-13/h4-8,12,14H,9-11,17H2,1-3H3. The number of morpholine rings is 1. The summed E-state index contributed by atoms with van der Waals surface area (Å²) in [5.41, 5.74) is 6.52. The van der Waals surface area contributed by atoms with Crippen LogP contribution in [-0.4, -0.2) is 42.1 Å². The van der Waals surface area contributed by atoms with Crippen LogP contribution in [-0.2, 0) is 9.53 Å². The van der Waals surface area contributed by atoms with Crippen LogP contribution in [0.1, 0.15) is 32.3 Å². The molecule has 4 heteroatoms. The van der Waals surface area contributed by atoms with Gasteiger partial charge in [0.25, 0.3) is 0 Å². The third-order valence-electron chi connectivity index (χ3n) is 3.62. The van der Waals surface area contributed by atoms with E-state index in [9.17, 15) is 4.79 Å². The highest BCUT2D eigenvalue weighted by molar-refractivity contribution is 5.84. The van der Waals surface area contributed by atoms with E-state index in [4.69, 9.17) is 10.5 Å². The van der Waals surface area contributed by atoms with E-state index in [0.717, 1.165) is 5.56 Å². The van der Waals surface area contributed by atoms with Gasteiger partial charge in [0.2, 0.25) is 5.91 Å². The summed E-state index contributed by atoms with van der Waals surface area (Å²) >= 11 is 0. The van der Waals surface area contributed by atoms with E-state index in [1.54, 1.807) is 0 Å². The number of hydrogen-bond acceptors (Lipinski definition) is 3. The number of carbonyl (C=O) groups excluding carboxylic acids is 1. The fourth-order valence-corrected chi connectivity index (χ4v) is 2.91. The Morgan fingerprint density at radius 3 is 2.65 bits per heavy atom. The molecule has 0 aliphatic carbocycles.